The molecule has 84 valence electrons. The predicted octanol–water partition coefficient (Wildman–Crippen LogP) is 3.52. The molecule has 1 nitrogen and oxygen atoms in total. The van der Waals surface area contributed by atoms with Gasteiger partial charge in [-0.2, -0.15) is 0 Å². The monoisotopic (exact) mass is 217 g/mol. The van der Waals surface area contributed by atoms with Gasteiger partial charge in [-0.05, 0) is 51.6 Å². The fourth-order valence-corrected chi connectivity index (χ4v) is 2.58. The van der Waals surface area contributed by atoms with Gasteiger partial charge in [0.1, 0.15) is 0 Å². The molecule has 0 N–H and O–H groups in total. The molecule has 2 atom stereocenters. The number of hydrogen-bond acceptors (Lipinski definition) is 1. The molecule has 0 amide bonds. The standard InChI is InChI=1S/C12H24ClN/c1-11(6-8-13)7-10-14-9-4-3-5-12(14)2/h11-12H,3-10H2,1-2H3. The molecule has 1 fully saturated rings. The molecule has 1 rings (SSSR count). The van der Waals surface area contributed by atoms with Gasteiger partial charge in [-0.3, -0.25) is 0 Å². The Kier molecular flexibility index (Phi) is 5.88. The van der Waals surface area contributed by atoms with Crippen molar-refractivity contribution in [3.8, 4) is 0 Å². The van der Waals surface area contributed by atoms with Crippen LogP contribution in [0.3, 0.4) is 0 Å². The first-order chi connectivity index (χ1) is 6.74. The minimum atomic E-state index is 0.793. The van der Waals surface area contributed by atoms with Gasteiger partial charge in [-0.1, -0.05) is 13.3 Å². The zero-order chi connectivity index (χ0) is 10.4. The quantitative estimate of drug-likeness (QED) is 0.637. The third-order valence-corrected chi connectivity index (χ3v) is 3.67. The molecule has 14 heavy (non-hydrogen) atoms. The van der Waals surface area contributed by atoms with E-state index in [0.29, 0.717) is 0 Å². The fourth-order valence-electron chi connectivity index (χ4n) is 2.21. The van der Waals surface area contributed by atoms with E-state index in [2.05, 4.69) is 18.7 Å². The Morgan fingerprint density at radius 1 is 1.36 bits per heavy atom. The van der Waals surface area contributed by atoms with Gasteiger partial charge in [0.2, 0.25) is 0 Å². The highest BCUT2D eigenvalue weighted by atomic mass is 35.5. The molecule has 0 bridgehead atoms. The normalized spacial score (nSPS) is 26.4. The van der Waals surface area contributed by atoms with E-state index in [1.54, 1.807) is 0 Å². The lowest BCUT2D eigenvalue weighted by Gasteiger charge is -2.33. The summed E-state index contributed by atoms with van der Waals surface area (Å²) in [6.07, 6.45) is 6.70. The van der Waals surface area contributed by atoms with Gasteiger partial charge in [0.05, 0.1) is 0 Å². The zero-order valence-corrected chi connectivity index (χ0v) is 10.4. The number of likely N-dealkylation sites (tertiary alicyclic amines) is 1. The van der Waals surface area contributed by atoms with Gasteiger partial charge < -0.3 is 4.90 Å². The summed E-state index contributed by atoms with van der Waals surface area (Å²) in [5.41, 5.74) is 0. The summed E-state index contributed by atoms with van der Waals surface area (Å²) in [4.78, 5) is 2.65. The number of halogens is 1. The summed E-state index contributed by atoms with van der Waals surface area (Å²) < 4.78 is 0. The molecular weight excluding hydrogens is 194 g/mol. The van der Waals surface area contributed by atoms with Crippen molar-refractivity contribution in [3.05, 3.63) is 0 Å². The predicted molar refractivity (Wildman–Crippen MR) is 64.0 cm³/mol. The molecule has 0 saturated carbocycles. The van der Waals surface area contributed by atoms with Crippen LogP contribution in [0.2, 0.25) is 0 Å². The van der Waals surface area contributed by atoms with Gasteiger partial charge in [-0.15, -0.1) is 11.6 Å². The average molecular weight is 218 g/mol. The lowest BCUT2D eigenvalue weighted by molar-refractivity contribution is 0.151. The van der Waals surface area contributed by atoms with E-state index in [9.17, 15) is 0 Å². The van der Waals surface area contributed by atoms with E-state index >= 15 is 0 Å². The Hall–Kier alpha value is 0.250. The molecule has 1 saturated heterocycles. The molecule has 2 heteroatoms. The van der Waals surface area contributed by atoms with Crippen molar-refractivity contribution >= 4 is 11.6 Å². The van der Waals surface area contributed by atoms with Crippen LogP contribution >= 0.6 is 11.6 Å². The van der Waals surface area contributed by atoms with Gasteiger partial charge in [0.25, 0.3) is 0 Å². The molecule has 1 aliphatic heterocycles. The van der Waals surface area contributed by atoms with Crippen LogP contribution in [0.1, 0.15) is 46.0 Å². The van der Waals surface area contributed by atoms with Crippen molar-refractivity contribution in [1.82, 2.24) is 4.90 Å². The SMILES string of the molecule is CC(CCCl)CCN1CCCCC1C. The average Bonchev–Trinajstić information content (AvgIpc) is 2.17. The Labute approximate surface area is 93.8 Å². The lowest BCUT2D eigenvalue weighted by Crippen LogP contribution is -2.38. The fraction of sp³-hybridized carbons (Fsp3) is 1.00. The Balaban J connectivity index is 2.15. The number of rotatable bonds is 5. The largest absolute Gasteiger partial charge is 0.301 e. The number of alkyl halides is 1. The second-order valence-corrected chi connectivity index (χ2v) is 5.13. The summed E-state index contributed by atoms with van der Waals surface area (Å²) in [7, 11) is 0. The first-order valence-electron chi connectivity index (χ1n) is 6.04. The molecule has 0 aromatic carbocycles. The highest BCUT2D eigenvalue weighted by Gasteiger charge is 2.17. The number of hydrogen-bond donors (Lipinski definition) is 0. The molecule has 1 aliphatic rings. The van der Waals surface area contributed by atoms with Crippen LogP contribution in [0.4, 0.5) is 0 Å². The minimum Gasteiger partial charge on any atom is -0.301 e. The molecule has 0 aromatic rings. The molecule has 0 aliphatic carbocycles. The number of piperidine rings is 1. The van der Waals surface area contributed by atoms with E-state index in [0.717, 1.165) is 17.8 Å². The van der Waals surface area contributed by atoms with Gasteiger partial charge in [0, 0.05) is 11.9 Å². The Morgan fingerprint density at radius 2 is 2.14 bits per heavy atom. The zero-order valence-electron chi connectivity index (χ0n) is 9.64. The first-order valence-corrected chi connectivity index (χ1v) is 6.57. The van der Waals surface area contributed by atoms with Crippen LogP contribution < -0.4 is 0 Å². The second-order valence-electron chi connectivity index (χ2n) is 4.75. The highest BCUT2D eigenvalue weighted by Crippen LogP contribution is 2.18. The van der Waals surface area contributed by atoms with Crippen molar-refractivity contribution in [2.24, 2.45) is 5.92 Å². The van der Waals surface area contributed by atoms with E-state index in [1.165, 1.54) is 45.2 Å². The molecule has 2 unspecified atom stereocenters. The second kappa shape index (κ2) is 6.68. The Bertz CT molecular complexity index is 149. The number of nitrogens with zero attached hydrogens (tertiary/aromatic N) is 1. The molecule has 1 heterocycles. The first kappa shape index (κ1) is 12.3. The van der Waals surface area contributed by atoms with Crippen molar-refractivity contribution in [2.75, 3.05) is 19.0 Å². The summed E-state index contributed by atoms with van der Waals surface area (Å²) >= 11 is 5.73. The lowest BCUT2D eigenvalue weighted by atomic mass is 10.0. The van der Waals surface area contributed by atoms with E-state index in [4.69, 9.17) is 11.6 Å². The van der Waals surface area contributed by atoms with Crippen molar-refractivity contribution in [3.63, 3.8) is 0 Å². The van der Waals surface area contributed by atoms with Gasteiger partial charge in [0.15, 0.2) is 0 Å². The maximum Gasteiger partial charge on any atom is 0.0225 e. The molecular formula is C12H24ClN. The van der Waals surface area contributed by atoms with Crippen molar-refractivity contribution < 1.29 is 0 Å². The van der Waals surface area contributed by atoms with E-state index < -0.39 is 0 Å². The van der Waals surface area contributed by atoms with Crippen molar-refractivity contribution in [1.29, 1.82) is 0 Å². The third-order valence-electron chi connectivity index (χ3n) is 3.45. The van der Waals surface area contributed by atoms with Crippen LogP contribution in [0.15, 0.2) is 0 Å². The van der Waals surface area contributed by atoms with Crippen LogP contribution in [0.5, 0.6) is 0 Å². The minimum absolute atomic E-state index is 0.793. The van der Waals surface area contributed by atoms with Crippen molar-refractivity contribution in [2.45, 2.75) is 52.0 Å². The summed E-state index contributed by atoms with van der Waals surface area (Å²) in [5, 5.41) is 0. The van der Waals surface area contributed by atoms with E-state index in [-0.39, 0.29) is 0 Å². The van der Waals surface area contributed by atoms with Crippen LogP contribution in [0.25, 0.3) is 0 Å². The van der Waals surface area contributed by atoms with Gasteiger partial charge in [-0.25, -0.2) is 0 Å². The topological polar surface area (TPSA) is 3.24 Å². The van der Waals surface area contributed by atoms with Crippen LogP contribution in [0, 0.1) is 5.92 Å². The maximum atomic E-state index is 5.73. The van der Waals surface area contributed by atoms with Crippen LogP contribution in [-0.4, -0.2) is 29.9 Å². The maximum absolute atomic E-state index is 5.73. The summed E-state index contributed by atoms with van der Waals surface area (Å²) in [5.74, 6) is 1.61. The summed E-state index contributed by atoms with van der Waals surface area (Å²) in [6.45, 7) is 7.27. The van der Waals surface area contributed by atoms with Gasteiger partial charge >= 0.3 is 0 Å². The highest BCUT2D eigenvalue weighted by molar-refractivity contribution is 6.17. The third kappa shape index (κ3) is 4.18. The molecule has 0 spiro atoms. The Morgan fingerprint density at radius 3 is 2.79 bits per heavy atom. The van der Waals surface area contributed by atoms with E-state index in [1.807, 2.05) is 0 Å². The summed E-state index contributed by atoms with van der Waals surface area (Å²) in [6, 6.07) is 0.812. The smallest absolute Gasteiger partial charge is 0.0225 e. The molecule has 0 aromatic heterocycles. The van der Waals surface area contributed by atoms with Crippen LogP contribution in [-0.2, 0) is 0 Å². The molecule has 0 radical (unpaired) electrons.